The number of hydrogen-bond acceptors (Lipinski definition) is 7. The number of nitrogens with one attached hydrogen (secondary N) is 1. The Hall–Kier alpha value is -0.800. The summed E-state index contributed by atoms with van der Waals surface area (Å²) in [7, 11) is -4.39. The van der Waals surface area contributed by atoms with Crippen molar-refractivity contribution >= 4 is 13.7 Å². The number of nitrogens with two attached hydrogens (primary N) is 1. The standard InChI is InChI=1S/C40H81N2O7P/c1-3-5-7-9-11-13-14-15-16-17-18-19-20-21-22-23-24-26-28-30-32-39(44)38(36-49-50(46,47)48-34-33-41)42-40(45)35-37(43)31-29-27-25-12-10-8-6-4-2/h30,32,37-39,43-44H,3-29,31,33-36,41H2,1-2H3,(H,42,45)(H,46,47)/b32-30+. The molecular formula is C40H81N2O7P. The second-order valence-corrected chi connectivity index (χ2v) is 15.9. The zero-order chi connectivity index (χ0) is 37.0. The molecule has 0 aliphatic carbocycles. The van der Waals surface area contributed by atoms with Gasteiger partial charge >= 0.3 is 7.82 Å². The average Bonchev–Trinajstić information content (AvgIpc) is 3.09. The van der Waals surface area contributed by atoms with Crippen LogP contribution in [0.3, 0.4) is 0 Å². The van der Waals surface area contributed by atoms with Crippen LogP contribution in [0.15, 0.2) is 12.2 Å². The molecule has 0 aromatic carbocycles. The van der Waals surface area contributed by atoms with Crippen molar-refractivity contribution in [2.45, 2.75) is 218 Å². The van der Waals surface area contributed by atoms with Crippen molar-refractivity contribution in [3.8, 4) is 0 Å². The molecule has 0 spiro atoms. The van der Waals surface area contributed by atoms with Gasteiger partial charge in [0.05, 0.1) is 37.9 Å². The number of phosphoric ester groups is 1. The summed E-state index contributed by atoms with van der Waals surface area (Å²) in [5, 5.41) is 23.9. The first kappa shape index (κ1) is 49.2. The van der Waals surface area contributed by atoms with E-state index in [0.29, 0.717) is 6.42 Å². The Morgan fingerprint density at radius 1 is 0.680 bits per heavy atom. The lowest BCUT2D eigenvalue weighted by Crippen LogP contribution is -2.46. The molecule has 1 amide bonds. The van der Waals surface area contributed by atoms with Crippen molar-refractivity contribution in [1.29, 1.82) is 0 Å². The van der Waals surface area contributed by atoms with Crippen molar-refractivity contribution in [1.82, 2.24) is 5.32 Å². The van der Waals surface area contributed by atoms with Gasteiger partial charge in [-0.15, -0.1) is 0 Å². The molecule has 10 heteroatoms. The fourth-order valence-corrected chi connectivity index (χ4v) is 6.99. The van der Waals surface area contributed by atoms with E-state index in [0.717, 1.165) is 38.5 Å². The van der Waals surface area contributed by atoms with Crippen molar-refractivity contribution < 1.29 is 33.5 Å². The van der Waals surface area contributed by atoms with E-state index < -0.39 is 38.6 Å². The molecule has 50 heavy (non-hydrogen) atoms. The highest BCUT2D eigenvalue weighted by molar-refractivity contribution is 7.47. The van der Waals surface area contributed by atoms with E-state index in [1.807, 2.05) is 6.08 Å². The van der Waals surface area contributed by atoms with Gasteiger partial charge in [0.25, 0.3) is 0 Å². The fraction of sp³-hybridized carbons (Fsp3) is 0.925. The number of hydrogen-bond donors (Lipinski definition) is 5. The summed E-state index contributed by atoms with van der Waals surface area (Å²) in [6.45, 7) is 3.95. The minimum atomic E-state index is -4.39. The number of phosphoric acid groups is 1. The number of carbonyl (C=O) groups is 1. The lowest BCUT2D eigenvalue weighted by atomic mass is 10.0. The molecule has 4 unspecified atom stereocenters. The molecule has 0 fully saturated rings. The number of carbonyl (C=O) groups excluding carboxylic acids is 1. The Morgan fingerprint density at radius 2 is 1.10 bits per heavy atom. The molecule has 4 atom stereocenters. The molecule has 0 radical (unpaired) electrons. The van der Waals surface area contributed by atoms with Gasteiger partial charge in [-0.25, -0.2) is 4.57 Å². The number of aliphatic hydroxyl groups is 2. The predicted octanol–water partition coefficient (Wildman–Crippen LogP) is 10.2. The van der Waals surface area contributed by atoms with E-state index in [2.05, 4.69) is 19.2 Å². The summed E-state index contributed by atoms with van der Waals surface area (Å²) in [6, 6.07) is -0.976. The number of rotatable bonds is 39. The van der Waals surface area contributed by atoms with Gasteiger partial charge in [-0.3, -0.25) is 13.8 Å². The van der Waals surface area contributed by atoms with Crippen molar-refractivity contribution in [3.63, 3.8) is 0 Å². The van der Waals surface area contributed by atoms with Gasteiger partial charge in [0.15, 0.2) is 0 Å². The maximum Gasteiger partial charge on any atom is 0.472 e. The van der Waals surface area contributed by atoms with Gasteiger partial charge < -0.3 is 26.2 Å². The number of allylic oxidation sites excluding steroid dienone is 1. The molecule has 0 bridgehead atoms. The molecule has 0 heterocycles. The third kappa shape index (κ3) is 34.3. The van der Waals surface area contributed by atoms with Crippen LogP contribution in [-0.2, 0) is 18.4 Å². The van der Waals surface area contributed by atoms with Crippen LogP contribution in [-0.4, -0.2) is 59.0 Å². The topological polar surface area (TPSA) is 151 Å². The molecule has 0 saturated heterocycles. The minimum Gasteiger partial charge on any atom is -0.393 e. The van der Waals surface area contributed by atoms with Crippen LogP contribution in [0, 0.1) is 0 Å². The normalized spacial score (nSPS) is 14.9. The third-order valence-electron chi connectivity index (χ3n) is 9.42. The van der Waals surface area contributed by atoms with E-state index >= 15 is 0 Å². The Morgan fingerprint density at radius 3 is 1.54 bits per heavy atom. The highest BCUT2D eigenvalue weighted by atomic mass is 31.2. The Kier molecular flexibility index (Phi) is 36.0. The van der Waals surface area contributed by atoms with E-state index in [9.17, 15) is 24.5 Å². The van der Waals surface area contributed by atoms with E-state index in [-0.39, 0.29) is 19.6 Å². The molecule has 0 rings (SSSR count). The quantitative estimate of drug-likeness (QED) is 0.0238. The van der Waals surface area contributed by atoms with Gasteiger partial charge in [-0.1, -0.05) is 187 Å². The first-order valence-corrected chi connectivity index (χ1v) is 22.4. The first-order valence-electron chi connectivity index (χ1n) is 20.9. The summed E-state index contributed by atoms with van der Waals surface area (Å²) in [5.74, 6) is -0.447. The molecular weight excluding hydrogens is 651 g/mol. The Balaban J connectivity index is 4.26. The maximum atomic E-state index is 12.7. The van der Waals surface area contributed by atoms with Crippen LogP contribution >= 0.6 is 7.82 Å². The fourth-order valence-electron chi connectivity index (χ4n) is 6.23. The third-order valence-corrected chi connectivity index (χ3v) is 10.4. The largest absolute Gasteiger partial charge is 0.472 e. The van der Waals surface area contributed by atoms with Gasteiger partial charge in [0.2, 0.25) is 5.91 Å². The van der Waals surface area contributed by atoms with Crippen molar-refractivity contribution in [3.05, 3.63) is 12.2 Å². The van der Waals surface area contributed by atoms with Gasteiger partial charge in [0, 0.05) is 6.54 Å². The lowest BCUT2D eigenvalue weighted by molar-refractivity contribution is -0.124. The zero-order valence-electron chi connectivity index (χ0n) is 32.5. The Labute approximate surface area is 307 Å². The molecule has 298 valence electrons. The average molecular weight is 733 g/mol. The molecule has 0 aromatic rings. The molecule has 0 saturated carbocycles. The summed E-state index contributed by atoms with van der Waals surface area (Å²) in [6.07, 6.45) is 36.0. The molecule has 6 N–H and O–H groups in total. The number of amides is 1. The minimum absolute atomic E-state index is 0.0512. The van der Waals surface area contributed by atoms with Crippen LogP contribution in [0.4, 0.5) is 0 Å². The molecule has 0 aromatic heterocycles. The SMILES string of the molecule is CCCCCCCCCCCCCCCCCCCC/C=C/C(O)C(COP(=O)(O)OCCN)NC(=O)CC(O)CCCCCCCCCC. The summed E-state index contributed by atoms with van der Waals surface area (Å²) in [5.41, 5.74) is 5.35. The second-order valence-electron chi connectivity index (χ2n) is 14.4. The van der Waals surface area contributed by atoms with Crippen LogP contribution in [0.1, 0.15) is 200 Å². The molecule has 9 nitrogen and oxygen atoms in total. The highest BCUT2D eigenvalue weighted by Gasteiger charge is 2.27. The molecule has 0 aliphatic rings. The summed E-state index contributed by atoms with van der Waals surface area (Å²) in [4.78, 5) is 22.6. The summed E-state index contributed by atoms with van der Waals surface area (Å²) < 4.78 is 22.0. The van der Waals surface area contributed by atoms with Crippen LogP contribution in [0.25, 0.3) is 0 Å². The van der Waals surface area contributed by atoms with Crippen LogP contribution in [0.2, 0.25) is 0 Å². The van der Waals surface area contributed by atoms with E-state index in [1.165, 1.54) is 135 Å². The number of aliphatic hydroxyl groups excluding tert-OH is 2. The predicted molar refractivity (Wildman–Crippen MR) is 209 cm³/mol. The monoisotopic (exact) mass is 733 g/mol. The zero-order valence-corrected chi connectivity index (χ0v) is 33.4. The van der Waals surface area contributed by atoms with Gasteiger partial charge in [0.1, 0.15) is 0 Å². The van der Waals surface area contributed by atoms with Gasteiger partial charge in [-0.2, -0.15) is 0 Å². The second kappa shape index (κ2) is 36.6. The van der Waals surface area contributed by atoms with Crippen molar-refractivity contribution in [2.75, 3.05) is 19.8 Å². The first-order chi connectivity index (χ1) is 24.3. The van der Waals surface area contributed by atoms with Crippen LogP contribution < -0.4 is 11.1 Å². The highest BCUT2D eigenvalue weighted by Crippen LogP contribution is 2.43. The maximum absolute atomic E-state index is 12.7. The van der Waals surface area contributed by atoms with Crippen LogP contribution in [0.5, 0.6) is 0 Å². The smallest absolute Gasteiger partial charge is 0.393 e. The van der Waals surface area contributed by atoms with Crippen molar-refractivity contribution in [2.24, 2.45) is 5.73 Å². The Bertz CT molecular complexity index is 817. The van der Waals surface area contributed by atoms with Gasteiger partial charge in [-0.05, 0) is 19.3 Å². The molecule has 0 aliphatic heterocycles. The van der Waals surface area contributed by atoms with E-state index in [4.69, 9.17) is 14.8 Å². The van der Waals surface area contributed by atoms with E-state index in [1.54, 1.807) is 6.08 Å². The summed E-state index contributed by atoms with van der Waals surface area (Å²) >= 11 is 0. The number of unbranched alkanes of at least 4 members (excludes halogenated alkanes) is 25. The lowest BCUT2D eigenvalue weighted by Gasteiger charge is -2.24.